The summed E-state index contributed by atoms with van der Waals surface area (Å²) in [7, 11) is 0. The minimum atomic E-state index is -0.218. The number of ether oxygens (including phenoxy) is 2. The summed E-state index contributed by atoms with van der Waals surface area (Å²) in [4.78, 5) is 14.4. The SMILES string of the molecule is Cc1nn(-c2ccccc2)c2sc(C(=O)NC[C@H]3COc4ccccc4O3)cc12. The maximum atomic E-state index is 12.7. The van der Waals surface area contributed by atoms with Gasteiger partial charge in [0.05, 0.1) is 22.8 Å². The van der Waals surface area contributed by atoms with Crippen LogP contribution in [-0.2, 0) is 0 Å². The smallest absolute Gasteiger partial charge is 0.261 e. The maximum absolute atomic E-state index is 12.7. The normalized spacial score (nSPS) is 15.4. The van der Waals surface area contributed by atoms with Crippen LogP contribution < -0.4 is 14.8 Å². The number of amides is 1. The standard InChI is InChI=1S/C22H19N3O3S/c1-14-17-11-20(29-22(17)25(24-14)15-7-3-2-4-8-15)21(26)23-12-16-13-27-18-9-5-6-10-19(18)28-16/h2-11,16H,12-13H2,1H3,(H,23,26)/t16-/m0/s1. The van der Waals surface area contributed by atoms with E-state index in [-0.39, 0.29) is 12.0 Å². The van der Waals surface area contributed by atoms with E-state index >= 15 is 0 Å². The quantitative estimate of drug-likeness (QED) is 0.558. The molecule has 29 heavy (non-hydrogen) atoms. The van der Waals surface area contributed by atoms with Crippen molar-refractivity contribution in [3.8, 4) is 17.2 Å². The van der Waals surface area contributed by atoms with Gasteiger partial charge in [-0.05, 0) is 37.3 Å². The number of nitrogens with zero attached hydrogens (tertiary/aromatic N) is 2. The van der Waals surface area contributed by atoms with Gasteiger partial charge in [-0.15, -0.1) is 11.3 Å². The summed E-state index contributed by atoms with van der Waals surface area (Å²) in [5, 5.41) is 8.58. The van der Waals surface area contributed by atoms with Gasteiger partial charge in [-0.2, -0.15) is 5.10 Å². The van der Waals surface area contributed by atoms with E-state index in [1.807, 2.05) is 72.3 Å². The number of benzene rings is 2. The van der Waals surface area contributed by atoms with E-state index in [4.69, 9.17) is 9.47 Å². The number of carbonyl (C=O) groups is 1. The number of fused-ring (bicyclic) bond motifs is 2. The summed E-state index contributed by atoms with van der Waals surface area (Å²) in [6.07, 6.45) is -0.218. The summed E-state index contributed by atoms with van der Waals surface area (Å²) in [6, 6.07) is 19.4. The molecular weight excluding hydrogens is 386 g/mol. The third-order valence-electron chi connectivity index (χ3n) is 4.83. The number of hydrogen-bond donors (Lipinski definition) is 1. The topological polar surface area (TPSA) is 65.4 Å². The van der Waals surface area contributed by atoms with E-state index in [0.717, 1.165) is 27.3 Å². The fourth-order valence-electron chi connectivity index (χ4n) is 3.36. The summed E-state index contributed by atoms with van der Waals surface area (Å²) in [5.74, 6) is 1.33. The van der Waals surface area contributed by atoms with Crippen LogP contribution in [0.15, 0.2) is 60.7 Å². The van der Waals surface area contributed by atoms with Crippen LogP contribution in [0.4, 0.5) is 0 Å². The predicted molar refractivity (Wildman–Crippen MR) is 112 cm³/mol. The molecule has 4 aromatic rings. The van der Waals surface area contributed by atoms with Crippen molar-refractivity contribution in [2.75, 3.05) is 13.2 Å². The number of hydrogen-bond acceptors (Lipinski definition) is 5. The first-order chi connectivity index (χ1) is 14.2. The second-order valence-electron chi connectivity index (χ2n) is 6.87. The first-order valence-corrected chi connectivity index (χ1v) is 10.2. The van der Waals surface area contributed by atoms with Crippen LogP contribution in [0.5, 0.6) is 11.5 Å². The highest BCUT2D eigenvalue weighted by atomic mass is 32.1. The zero-order valence-corrected chi connectivity index (χ0v) is 16.6. The van der Waals surface area contributed by atoms with Crippen molar-refractivity contribution in [1.29, 1.82) is 0 Å². The fourth-order valence-corrected chi connectivity index (χ4v) is 4.46. The number of rotatable bonds is 4. The number of para-hydroxylation sites is 3. The number of aryl methyl sites for hydroxylation is 1. The molecule has 0 bridgehead atoms. The lowest BCUT2D eigenvalue weighted by atomic mass is 10.2. The monoisotopic (exact) mass is 405 g/mol. The molecule has 2 aromatic heterocycles. The molecule has 0 radical (unpaired) electrons. The van der Waals surface area contributed by atoms with Gasteiger partial charge in [-0.1, -0.05) is 30.3 Å². The van der Waals surface area contributed by atoms with Crippen molar-refractivity contribution in [3.63, 3.8) is 0 Å². The molecule has 1 amide bonds. The Labute approximate surface area is 171 Å². The molecule has 0 fully saturated rings. The van der Waals surface area contributed by atoms with Crippen LogP contribution in [0.2, 0.25) is 0 Å². The lowest BCUT2D eigenvalue weighted by molar-refractivity contribution is 0.0791. The molecule has 1 aliphatic heterocycles. The molecular formula is C22H19N3O3S. The first kappa shape index (κ1) is 17.8. The van der Waals surface area contributed by atoms with Crippen LogP contribution in [0, 0.1) is 6.92 Å². The maximum Gasteiger partial charge on any atom is 0.261 e. The minimum absolute atomic E-state index is 0.118. The van der Waals surface area contributed by atoms with Gasteiger partial charge in [-0.3, -0.25) is 4.79 Å². The van der Waals surface area contributed by atoms with Crippen molar-refractivity contribution in [3.05, 3.63) is 71.2 Å². The summed E-state index contributed by atoms with van der Waals surface area (Å²) in [5.41, 5.74) is 1.88. The Morgan fingerprint density at radius 1 is 1.17 bits per heavy atom. The Hall–Kier alpha value is -3.32. The van der Waals surface area contributed by atoms with E-state index < -0.39 is 0 Å². The second-order valence-corrected chi connectivity index (χ2v) is 7.90. The highest BCUT2D eigenvalue weighted by Gasteiger charge is 2.22. The third-order valence-corrected chi connectivity index (χ3v) is 5.94. The molecule has 1 atom stereocenters. The van der Waals surface area contributed by atoms with Gasteiger partial charge in [0.25, 0.3) is 5.91 Å². The number of carbonyl (C=O) groups excluding carboxylic acids is 1. The lowest BCUT2D eigenvalue weighted by Gasteiger charge is -2.26. The second kappa shape index (κ2) is 7.25. The van der Waals surface area contributed by atoms with E-state index in [1.165, 1.54) is 11.3 Å². The minimum Gasteiger partial charge on any atom is -0.486 e. The van der Waals surface area contributed by atoms with Crippen molar-refractivity contribution >= 4 is 27.5 Å². The van der Waals surface area contributed by atoms with Gasteiger partial charge in [0.15, 0.2) is 11.5 Å². The zero-order chi connectivity index (χ0) is 19.8. The largest absolute Gasteiger partial charge is 0.486 e. The number of nitrogens with one attached hydrogen (secondary N) is 1. The third kappa shape index (κ3) is 3.34. The Balaban J connectivity index is 1.32. The van der Waals surface area contributed by atoms with Gasteiger partial charge >= 0.3 is 0 Å². The molecule has 1 aliphatic rings. The van der Waals surface area contributed by atoms with Gasteiger partial charge in [0.2, 0.25) is 0 Å². The number of aromatic nitrogens is 2. The van der Waals surface area contributed by atoms with E-state index in [1.54, 1.807) is 0 Å². The van der Waals surface area contributed by atoms with Gasteiger partial charge in [0.1, 0.15) is 17.5 Å². The van der Waals surface area contributed by atoms with Crippen LogP contribution in [-0.4, -0.2) is 34.9 Å². The summed E-state index contributed by atoms with van der Waals surface area (Å²) in [6.45, 7) is 2.75. The molecule has 0 saturated heterocycles. The average molecular weight is 405 g/mol. The molecule has 146 valence electrons. The molecule has 0 aliphatic carbocycles. The van der Waals surface area contributed by atoms with Crippen LogP contribution in [0.3, 0.4) is 0 Å². The average Bonchev–Trinajstić information content (AvgIpc) is 3.33. The molecule has 2 aromatic carbocycles. The van der Waals surface area contributed by atoms with Crippen molar-refractivity contribution in [2.24, 2.45) is 0 Å². The van der Waals surface area contributed by atoms with Gasteiger partial charge in [0, 0.05) is 5.39 Å². The predicted octanol–water partition coefficient (Wildman–Crippen LogP) is 3.97. The molecule has 0 unspecified atom stereocenters. The Morgan fingerprint density at radius 2 is 1.93 bits per heavy atom. The molecule has 6 nitrogen and oxygen atoms in total. The van der Waals surface area contributed by atoms with Gasteiger partial charge < -0.3 is 14.8 Å². The van der Waals surface area contributed by atoms with Crippen LogP contribution >= 0.6 is 11.3 Å². The van der Waals surface area contributed by atoms with Crippen molar-refractivity contribution < 1.29 is 14.3 Å². The Morgan fingerprint density at radius 3 is 2.76 bits per heavy atom. The fraction of sp³-hybridized carbons (Fsp3) is 0.182. The Kier molecular flexibility index (Phi) is 4.44. The Bertz CT molecular complexity index is 1180. The molecule has 7 heteroatoms. The van der Waals surface area contributed by atoms with E-state index in [0.29, 0.717) is 23.8 Å². The van der Waals surface area contributed by atoms with E-state index in [2.05, 4.69) is 10.4 Å². The van der Waals surface area contributed by atoms with Crippen molar-refractivity contribution in [2.45, 2.75) is 13.0 Å². The van der Waals surface area contributed by atoms with Gasteiger partial charge in [-0.25, -0.2) is 4.68 Å². The van der Waals surface area contributed by atoms with Crippen molar-refractivity contribution in [1.82, 2.24) is 15.1 Å². The zero-order valence-electron chi connectivity index (χ0n) is 15.8. The molecule has 0 spiro atoms. The van der Waals surface area contributed by atoms with Crippen LogP contribution in [0.25, 0.3) is 15.9 Å². The molecule has 3 heterocycles. The molecule has 5 rings (SSSR count). The number of thiophene rings is 1. The van der Waals surface area contributed by atoms with Crippen LogP contribution in [0.1, 0.15) is 15.4 Å². The molecule has 0 saturated carbocycles. The first-order valence-electron chi connectivity index (χ1n) is 9.40. The highest BCUT2D eigenvalue weighted by molar-refractivity contribution is 7.20. The molecule has 1 N–H and O–H groups in total. The lowest BCUT2D eigenvalue weighted by Crippen LogP contribution is -2.40. The summed E-state index contributed by atoms with van der Waals surface area (Å²) >= 11 is 1.44. The summed E-state index contributed by atoms with van der Waals surface area (Å²) < 4.78 is 13.5. The van der Waals surface area contributed by atoms with E-state index in [9.17, 15) is 4.79 Å². The highest BCUT2D eigenvalue weighted by Crippen LogP contribution is 2.32.